The van der Waals surface area contributed by atoms with Crippen LogP contribution < -0.4 is 4.74 Å². The highest BCUT2D eigenvalue weighted by atomic mass is 16.5. The molecular weight excluding hydrogens is 236 g/mol. The predicted octanol–water partition coefficient (Wildman–Crippen LogP) is 3.66. The third-order valence-electron chi connectivity index (χ3n) is 3.46. The molecule has 19 heavy (non-hydrogen) atoms. The van der Waals surface area contributed by atoms with Crippen molar-refractivity contribution in [3.8, 4) is 5.88 Å². The Balaban J connectivity index is 2.04. The topological polar surface area (TPSA) is 25.4 Å². The summed E-state index contributed by atoms with van der Waals surface area (Å²) in [6.45, 7) is 11.0. The maximum atomic E-state index is 5.60. The molecule has 106 valence electrons. The maximum absolute atomic E-state index is 5.60. The Kier molecular flexibility index (Phi) is 4.81. The zero-order valence-corrected chi connectivity index (χ0v) is 12.6. The fourth-order valence-corrected chi connectivity index (χ4v) is 2.79. The van der Waals surface area contributed by atoms with Gasteiger partial charge in [-0.2, -0.15) is 0 Å². The molecule has 0 radical (unpaired) electrons. The Morgan fingerprint density at radius 3 is 2.68 bits per heavy atom. The Bertz CT molecular complexity index is 386. The van der Waals surface area contributed by atoms with Crippen LogP contribution in [-0.2, 0) is 0 Å². The predicted molar refractivity (Wildman–Crippen MR) is 78.4 cm³/mol. The van der Waals surface area contributed by atoms with Gasteiger partial charge in [-0.05, 0) is 44.7 Å². The van der Waals surface area contributed by atoms with Crippen molar-refractivity contribution in [2.75, 3.05) is 13.1 Å². The summed E-state index contributed by atoms with van der Waals surface area (Å²) in [4.78, 5) is 7.02. The van der Waals surface area contributed by atoms with Crippen LogP contribution in [0.2, 0.25) is 0 Å². The molecule has 0 aliphatic carbocycles. The molecule has 0 amide bonds. The molecular formula is C16H26N2O. The summed E-state index contributed by atoms with van der Waals surface area (Å²) in [5.74, 6) is 1.45. The zero-order chi connectivity index (χ0) is 13.8. The summed E-state index contributed by atoms with van der Waals surface area (Å²) in [5.41, 5.74) is 1.33. The molecule has 0 N–H and O–H groups in total. The smallest absolute Gasteiger partial charge is 0.213 e. The minimum absolute atomic E-state index is 0.183. The Morgan fingerprint density at radius 1 is 1.32 bits per heavy atom. The molecule has 0 aromatic carbocycles. The number of aromatic nitrogens is 1. The highest BCUT2D eigenvalue weighted by Crippen LogP contribution is 2.32. The summed E-state index contributed by atoms with van der Waals surface area (Å²) in [6.07, 6.45) is 4.71. The summed E-state index contributed by atoms with van der Waals surface area (Å²) in [7, 11) is 0. The number of ether oxygens (including phenoxy) is 1. The summed E-state index contributed by atoms with van der Waals surface area (Å²) >= 11 is 0. The van der Waals surface area contributed by atoms with Crippen LogP contribution in [0.1, 0.15) is 52.1 Å². The summed E-state index contributed by atoms with van der Waals surface area (Å²) in [6, 6.07) is 4.72. The largest absolute Gasteiger partial charge is 0.475 e. The molecule has 1 aromatic rings. The average Bonchev–Trinajstić information content (AvgIpc) is 2.76. The minimum Gasteiger partial charge on any atom is -0.475 e. The standard InChI is InChI=1S/C16H26N2O/c1-12(2)11-18-9-5-6-15(18)14-7-8-16(17-10-14)19-13(3)4/h7-8,10,12-13,15H,5-6,9,11H2,1-4H3. The SMILES string of the molecule is CC(C)CN1CCCC1c1ccc(OC(C)C)nc1. The lowest BCUT2D eigenvalue weighted by Crippen LogP contribution is -2.27. The first-order valence-corrected chi connectivity index (χ1v) is 7.43. The van der Waals surface area contributed by atoms with Gasteiger partial charge < -0.3 is 4.74 Å². The molecule has 1 aliphatic heterocycles. The van der Waals surface area contributed by atoms with Crippen molar-refractivity contribution >= 4 is 0 Å². The Morgan fingerprint density at radius 2 is 2.11 bits per heavy atom. The van der Waals surface area contributed by atoms with Crippen LogP contribution in [0.25, 0.3) is 0 Å². The lowest BCUT2D eigenvalue weighted by Gasteiger charge is -2.26. The van der Waals surface area contributed by atoms with Gasteiger partial charge in [-0.25, -0.2) is 4.98 Å². The van der Waals surface area contributed by atoms with E-state index >= 15 is 0 Å². The quantitative estimate of drug-likeness (QED) is 0.809. The van der Waals surface area contributed by atoms with Crippen molar-refractivity contribution in [2.45, 2.75) is 52.7 Å². The van der Waals surface area contributed by atoms with Gasteiger partial charge in [0, 0.05) is 24.8 Å². The molecule has 2 rings (SSSR count). The van der Waals surface area contributed by atoms with Gasteiger partial charge in [0.2, 0.25) is 5.88 Å². The Hall–Kier alpha value is -1.09. The minimum atomic E-state index is 0.183. The fraction of sp³-hybridized carbons (Fsp3) is 0.688. The molecule has 1 aromatic heterocycles. The zero-order valence-electron chi connectivity index (χ0n) is 12.6. The molecule has 1 unspecified atom stereocenters. The van der Waals surface area contributed by atoms with Crippen molar-refractivity contribution < 1.29 is 4.74 Å². The lowest BCUT2D eigenvalue weighted by molar-refractivity contribution is 0.224. The Labute approximate surface area is 117 Å². The highest BCUT2D eigenvalue weighted by molar-refractivity contribution is 5.22. The van der Waals surface area contributed by atoms with E-state index in [1.807, 2.05) is 26.1 Å². The first kappa shape index (κ1) is 14.3. The van der Waals surface area contributed by atoms with E-state index in [0.29, 0.717) is 6.04 Å². The van der Waals surface area contributed by atoms with Gasteiger partial charge in [-0.15, -0.1) is 0 Å². The third-order valence-corrected chi connectivity index (χ3v) is 3.46. The molecule has 1 saturated heterocycles. The number of rotatable bonds is 5. The maximum Gasteiger partial charge on any atom is 0.213 e. The van der Waals surface area contributed by atoms with Gasteiger partial charge >= 0.3 is 0 Å². The molecule has 1 fully saturated rings. The molecule has 0 spiro atoms. The van der Waals surface area contributed by atoms with Gasteiger partial charge in [-0.3, -0.25) is 4.90 Å². The molecule has 0 saturated carbocycles. The summed E-state index contributed by atoms with van der Waals surface area (Å²) < 4.78 is 5.60. The first-order chi connectivity index (χ1) is 9.06. The van der Waals surface area contributed by atoms with E-state index in [1.54, 1.807) is 0 Å². The lowest BCUT2D eigenvalue weighted by atomic mass is 10.1. The van der Waals surface area contributed by atoms with Crippen molar-refractivity contribution in [3.63, 3.8) is 0 Å². The number of pyridine rings is 1. The average molecular weight is 262 g/mol. The van der Waals surface area contributed by atoms with Gasteiger partial charge in [0.25, 0.3) is 0 Å². The van der Waals surface area contributed by atoms with Crippen molar-refractivity contribution in [1.29, 1.82) is 0 Å². The van der Waals surface area contributed by atoms with Crippen LogP contribution in [0, 0.1) is 5.92 Å². The van der Waals surface area contributed by atoms with E-state index in [2.05, 4.69) is 29.8 Å². The van der Waals surface area contributed by atoms with Crippen LogP contribution >= 0.6 is 0 Å². The molecule has 3 nitrogen and oxygen atoms in total. The number of hydrogen-bond donors (Lipinski definition) is 0. The number of hydrogen-bond acceptors (Lipinski definition) is 3. The monoisotopic (exact) mass is 262 g/mol. The fourth-order valence-electron chi connectivity index (χ4n) is 2.79. The van der Waals surface area contributed by atoms with Crippen molar-refractivity contribution in [3.05, 3.63) is 23.9 Å². The normalized spacial score (nSPS) is 20.4. The van der Waals surface area contributed by atoms with Crippen LogP contribution in [0.5, 0.6) is 5.88 Å². The van der Waals surface area contributed by atoms with Crippen LogP contribution in [0.15, 0.2) is 18.3 Å². The second-order valence-corrected chi connectivity index (χ2v) is 6.14. The van der Waals surface area contributed by atoms with E-state index in [0.717, 1.165) is 11.8 Å². The highest BCUT2D eigenvalue weighted by Gasteiger charge is 2.26. The van der Waals surface area contributed by atoms with E-state index < -0.39 is 0 Å². The number of nitrogens with zero attached hydrogens (tertiary/aromatic N) is 2. The van der Waals surface area contributed by atoms with Crippen LogP contribution in [0.4, 0.5) is 0 Å². The van der Waals surface area contributed by atoms with Gasteiger partial charge in [0.15, 0.2) is 0 Å². The molecule has 2 heterocycles. The molecule has 1 atom stereocenters. The molecule has 0 bridgehead atoms. The molecule has 1 aliphatic rings. The van der Waals surface area contributed by atoms with Gasteiger partial charge in [-0.1, -0.05) is 19.9 Å². The molecule has 3 heteroatoms. The van der Waals surface area contributed by atoms with E-state index in [4.69, 9.17) is 4.74 Å². The second kappa shape index (κ2) is 6.38. The third kappa shape index (κ3) is 3.93. The van der Waals surface area contributed by atoms with Crippen LogP contribution in [0.3, 0.4) is 0 Å². The summed E-state index contributed by atoms with van der Waals surface area (Å²) in [5, 5.41) is 0. The first-order valence-electron chi connectivity index (χ1n) is 7.43. The van der Waals surface area contributed by atoms with Crippen molar-refractivity contribution in [2.24, 2.45) is 5.92 Å². The van der Waals surface area contributed by atoms with E-state index in [1.165, 1.54) is 31.5 Å². The van der Waals surface area contributed by atoms with Crippen molar-refractivity contribution in [1.82, 2.24) is 9.88 Å². The number of likely N-dealkylation sites (tertiary alicyclic amines) is 1. The second-order valence-electron chi connectivity index (χ2n) is 6.14. The van der Waals surface area contributed by atoms with Crippen LogP contribution in [-0.4, -0.2) is 29.1 Å². The van der Waals surface area contributed by atoms with Gasteiger partial charge in [0.1, 0.15) is 0 Å². The van der Waals surface area contributed by atoms with Gasteiger partial charge in [0.05, 0.1) is 6.10 Å². The van der Waals surface area contributed by atoms with E-state index in [-0.39, 0.29) is 6.10 Å². The van der Waals surface area contributed by atoms with E-state index in [9.17, 15) is 0 Å².